The van der Waals surface area contributed by atoms with Crippen LogP contribution in [0.4, 0.5) is 0 Å². The van der Waals surface area contributed by atoms with E-state index in [9.17, 15) is 9.90 Å². The molecule has 1 N–H and O–H groups in total. The summed E-state index contributed by atoms with van der Waals surface area (Å²) in [7, 11) is 4.48. The number of benzene rings is 8. The van der Waals surface area contributed by atoms with Crippen molar-refractivity contribution in [2.24, 2.45) is 0 Å². The first-order valence-electron chi connectivity index (χ1n) is 35.8. The first-order chi connectivity index (χ1) is 52.0. The lowest BCUT2D eigenvalue weighted by Gasteiger charge is -2.52. The average molecular weight is 1450 g/mol. The third-order valence-corrected chi connectivity index (χ3v) is 19.1. The van der Waals surface area contributed by atoms with Gasteiger partial charge >= 0.3 is 11.9 Å². The van der Waals surface area contributed by atoms with E-state index in [1.807, 2.05) is 165 Å². The minimum atomic E-state index is -1.75. The van der Waals surface area contributed by atoms with E-state index in [1.54, 1.807) is 80.9 Å². The van der Waals surface area contributed by atoms with Crippen LogP contribution < -0.4 is 9.47 Å². The molecule has 12 rings (SSSR count). The number of rotatable bonds is 36. The zero-order chi connectivity index (χ0) is 73.6. The molecule has 0 aliphatic carbocycles. The van der Waals surface area contributed by atoms with E-state index in [4.69, 9.17) is 75.8 Å². The third kappa shape index (κ3) is 19.7. The van der Waals surface area contributed by atoms with Gasteiger partial charge in [-0.2, -0.15) is 0 Å². The number of aliphatic hydroxyl groups excluding tert-OH is 1. The Morgan fingerprint density at radius 1 is 0.415 bits per heavy atom. The van der Waals surface area contributed by atoms with Crippen LogP contribution in [0, 0.1) is 0 Å². The molecule has 2 amide bonds. The van der Waals surface area contributed by atoms with Crippen molar-refractivity contribution in [3.05, 3.63) is 275 Å². The molecule has 4 aliphatic heterocycles. The van der Waals surface area contributed by atoms with Gasteiger partial charge in [0.25, 0.3) is 11.8 Å². The Hall–Kier alpha value is -9.08. The number of carbonyl (C=O) groups is 4. The smallest absolute Gasteiger partial charge is 0.338 e. The monoisotopic (exact) mass is 1450 g/mol. The van der Waals surface area contributed by atoms with Gasteiger partial charge in [-0.05, 0) is 102 Å². The summed E-state index contributed by atoms with van der Waals surface area (Å²) < 4.78 is 108. The maximum absolute atomic E-state index is 15.2. The molecule has 0 saturated carbocycles. The number of nitrogens with zero attached hydrogens (tertiary/aromatic N) is 1. The number of unbranched alkanes of at least 4 members (excludes halogenated alkanes) is 2. The Balaban J connectivity index is 0.972. The van der Waals surface area contributed by atoms with Gasteiger partial charge in [0.05, 0.1) is 97.0 Å². The summed E-state index contributed by atoms with van der Waals surface area (Å²) in [6.45, 7) is 1.14. The number of hydrogen-bond acceptors (Lipinski definition) is 21. The van der Waals surface area contributed by atoms with Crippen LogP contribution in [0.3, 0.4) is 0 Å². The van der Waals surface area contributed by atoms with Gasteiger partial charge in [-0.1, -0.05) is 182 Å². The van der Waals surface area contributed by atoms with Crippen LogP contribution in [-0.2, 0) is 111 Å². The molecular weight excluding hydrogens is 1360 g/mol. The molecule has 3 saturated heterocycles. The third-order valence-electron chi connectivity index (χ3n) is 19.1. The van der Waals surface area contributed by atoms with E-state index in [0.717, 1.165) is 27.2 Å². The van der Waals surface area contributed by atoms with Crippen molar-refractivity contribution < 1.29 is 100 Å². The van der Waals surface area contributed by atoms with Gasteiger partial charge in [0, 0.05) is 13.0 Å². The fourth-order valence-electron chi connectivity index (χ4n) is 13.5. The summed E-state index contributed by atoms with van der Waals surface area (Å²) in [4.78, 5) is 59.0. The van der Waals surface area contributed by atoms with Crippen molar-refractivity contribution in [3.8, 4) is 11.5 Å². The van der Waals surface area contributed by atoms with Crippen molar-refractivity contribution in [1.29, 1.82) is 0 Å². The van der Waals surface area contributed by atoms with Crippen LogP contribution in [0.25, 0.3) is 0 Å². The highest BCUT2D eigenvalue weighted by atomic mass is 16.8. The highest BCUT2D eigenvalue weighted by Crippen LogP contribution is 2.41. The second kappa shape index (κ2) is 38.5. The molecule has 22 heteroatoms. The highest BCUT2D eigenvalue weighted by Gasteiger charge is 2.60. The number of fused-ring (bicyclic) bond motifs is 1. The molecule has 4 aliphatic rings. The Morgan fingerprint density at radius 2 is 0.840 bits per heavy atom. The zero-order valence-electron chi connectivity index (χ0n) is 59.8. The Morgan fingerprint density at radius 3 is 1.34 bits per heavy atom. The van der Waals surface area contributed by atoms with E-state index < -0.39 is 116 Å². The van der Waals surface area contributed by atoms with Crippen molar-refractivity contribution in [2.75, 3.05) is 41.2 Å². The predicted molar refractivity (Wildman–Crippen MR) is 386 cm³/mol. The second-order valence-electron chi connectivity index (χ2n) is 26.2. The summed E-state index contributed by atoms with van der Waals surface area (Å²) in [6, 6.07) is 66.4. The number of carbonyl (C=O) groups excluding carboxylic acids is 4. The maximum Gasteiger partial charge on any atom is 0.338 e. The summed E-state index contributed by atoms with van der Waals surface area (Å²) in [5, 5.41) is 12.1. The Labute approximate surface area is 617 Å². The SMILES string of the molecule is COC(=O)CCCCCO[C@@H]1O[C@H](COCc2ccc(OC)cc2)[C@@H](O[C@@H]2O[C@H](CO)[C@H](O[C@@H]3O[C@@H](C)[C@@H](OCc4ccccc4)[C@@H](OCc4ccccc4)[C@@H]3OCc3ccccc3)[C@H](OCc3ccc(OC)cc3)[C@H]2OC(=O)c2ccccc2)[C@H](OCc2ccccc2)[C@H]1N1C(=O)c2ccccc2C1=O. The Bertz CT molecular complexity index is 3980. The van der Waals surface area contributed by atoms with Gasteiger partial charge in [0.2, 0.25) is 0 Å². The van der Waals surface area contributed by atoms with Crippen LogP contribution in [0.5, 0.6) is 11.5 Å². The number of amides is 2. The molecule has 0 unspecified atom stereocenters. The Kier molecular flexibility index (Phi) is 27.8. The molecule has 0 spiro atoms. The molecule has 4 heterocycles. The van der Waals surface area contributed by atoms with Crippen molar-refractivity contribution in [2.45, 2.75) is 164 Å². The van der Waals surface area contributed by atoms with Gasteiger partial charge in [-0.15, -0.1) is 0 Å². The number of ether oxygens (including phenoxy) is 16. The van der Waals surface area contributed by atoms with Crippen LogP contribution in [0.15, 0.2) is 224 Å². The van der Waals surface area contributed by atoms with E-state index in [1.165, 1.54) is 7.11 Å². The summed E-state index contributed by atoms with van der Waals surface area (Å²) in [5.74, 6) is -1.24. The van der Waals surface area contributed by atoms with Gasteiger partial charge in [-0.25, -0.2) is 4.79 Å². The van der Waals surface area contributed by atoms with Crippen molar-refractivity contribution in [3.63, 3.8) is 0 Å². The molecule has 0 bridgehead atoms. The molecule has 0 aromatic heterocycles. The van der Waals surface area contributed by atoms with Crippen molar-refractivity contribution >= 4 is 23.8 Å². The zero-order valence-corrected chi connectivity index (χ0v) is 59.8. The summed E-state index contributed by atoms with van der Waals surface area (Å²) in [5.41, 5.74) is 5.24. The maximum atomic E-state index is 15.2. The fraction of sp³-hybridized carbons (Fsp3) is 0.381. The van der Waals surface area contributed by atoms with Crippen LogP contribution in [-0.4, -0.2) is 167 Å². The number of imide groups is 1. The number of aliphatic hydroxyl groups is 1. The van der Waals surface area contributed by atoms with Gasteiger partial charge in [-0.3, -0.25) is 19.3 Å². The number of hydrogen-bond donors (Lipinski definition) is 1. The average Bonchev–Trinajstić information content (AvgIpc) is 1.46. The highest BCUT2D eigenvalue weighted by molar-refractivity contribution is 6.21. The molecule has 8 aromatic rings. The van der Waals surface area contributed by atoms with E-state index in [-0.39, 0.29) is 81.9 Å². The summed E-state index contributed by atoms with van der Waals surface area (Å²) >= 11 is 0. The lowest BCUT2D eigenvalue weighted by Crippen LogP contribution is -2.70. The van der Waals surface area contributed by atoms with E-state index >= 15 is 14.4 Å². The minimum absolute atomic E-state index is 0.0425. The topological polar surface area (TPSA) is 239 Å². The van der Waals surface area contributed by atoms with Crippen LogP contribution in [0.1, 0.15) is 97.1 Å². The van der Waals surface area contributed by atoms with Crippen LogP contribution >= 0.6 is 0 Å². The number of methoxy groups -OCH3 is 3. The molecule has 22 nitrogen and oxygen atoms in total. The van der Waals surface area contributed by atoms with Gasteiger partial charge < -0.3 is 80.9 Å². The molecular formula is C84H91NO21. The van der Waals surface area contributed by atoms with Gasteiger partial charge in [0.15, 0.2) is 25.0 Å². The lowest BCUT2D eigenvalue weighted by molar-refractivity contribution is -0.384. The molecule has 8 aromatic carbocycles. The second-order valence-corrected chi connectivity index (χ2v) is 26.2. The molecule has 106 heavy (non-hydrogen) atoms. The fourth-order valence-corrected chi connectivity index (χ4v) is 13.5. The first kappa shape index (κ1) is 76.6. The van der Waals surface area contributed by atoms with Gasteiger partial charge in [0.1, 0.15) is 72.5 Å². The molecule has 3 fully saturated rings. The first-order valence-corrected chi connectivity index (χ1v) is 35.8. The molecule has 15 atom stereocenters. The summed E-state index contributed by atoms with van der Waals surface area (Å²) in [6.07, 6.45) is -16.3. The quantitative estimate of drug-likeness (QED) is 0.0218. The largest absolute Gasteiger partial charge is 0.497 e. The normalized spacial score (nSPS) is 25.0. The molecule has 558 valence electrons. The molecule has 0 radical (unpaired) electrons. The van der Waals surface area contributed by atoms with E-state index in [2.05, 4.69) is 0 Å². The standard InChI is InChI=1S/C84H91NO21/c1-55-71(96-49-56-25-11-5-12-26-56)75(98-51-58-29-15-7-16-30-58)77(100-52-59-31-17-8-18-32-59)83(101-55)105-72-67(47-86)102-84(78(104-81(90)62-33-19-9-20-34-62)76(72)99-53-61-40-44-64(92-3)45-41-61)106-73-68(54-94-48-60-38-42-63(91-2)43-39-60)103-82(95-46-24-10-21-37-69(87)93-4)70(74(73)97-50-57-27-13-6-14-28-57)85-79(88)65-35-22-23-36-66(65)80(85)89/h5-9,11-20,22-23,25-36,38-45,55,67-68,70-78,82-84,86H,10,21,24,37,46-54H2,1-4H3/t55-,67+,68+,70+,71+,72-,73+,74+,75+,76-,77-,78+,82+,83-,84-/m0/s1. The van der Waals surface area contributed by atoms with Crippen LogP contribution in [0.2, 0.25) is 0 Å². The van der Waals surface area contributed by atoms with Crippen molar-refractivity contribution in [1.82, 2.24) is 4.90 Å². The minimum Gasteiger partial charge on any atom is -0.497 e. The number of esters is 2. The predicted octanol–water partition coefficient (Wildman–Crippen LogP) is 11.7. The van der Waals surface area contributed by atoms with E-state index in [0.29, 0.717) is 41.9 Å². The lowest BCUT2D eigenvalue weighted by atomic mass is 9.93.